The predicted octanol–water partition coefficient (Wildman–Crippen LogP) is 5.13. The Morgan fingerprint density at radius 3 is 2.10 bits per heavy atom. The summed E-state index contributed by atoms with van der Waals surface area (Å²) in [5.74, 6) is -1.70. The summed E-state index contributed by atoms with van der Waals surface area (Å²) < 4.78 is 34.0. The van der Waals surface area contributed by atoms with Crippen molar-refractivity contribution in [2.24, 2.45) is 0 Å². The molecular weight excluding hydrogens is 388 g/mol. The molecule has 146 valence electrons. The summed E-state index contributed by atoms with van der Waals surface area (Å²) in [5.41, 5.74) is 1.64. The highest BCUT2D eigenvalue weighted by Crippen LogP contribution is 2.32. The van der Waals surface area contributed by atoms with Crippen LogP contribution in [0.4, 0.5) is 20.3 Å². The normalized spacial score (nSPS) is 9.90. The van der Waals surface area contributed by atoms with E-state index >= 15 is 0 Å². The van der Waals surface area contributed by atoms with Crippen LogP contribution in [0.3, 0.4) is 0 Å². The number of hydrogen-bond donors (Lipinski definition) is 1. The minimum absolute atomic E-state index is 0.0399. The van der Waals surface area contributed by atoms with Crippen molar-refractivity contribution in [2.75, 3.05) is 5.32 Å². The summed E-state index contributed by atoms with van der Waals surface area (Å²) in [4.78, 5) is 4.05. The maximum Gasteiger partial charge on any atom is 0.258 e. The lowest BCUT2D eigenvalue weighted by atomic mass is 10.1. The lowest BCUT2D eigenvalue weighted by Crippen LogP contribution is -2.03. The van der Waals surface area contributed by atoms with Crippen LogP contribution >= 0.6 is 0 Å². The molecule has 0 radical (unpaired) electrons. The van der Waals surface area contributed by atoms with Gasteiger partial charge in [-0.05, 0) is 55.3 Å². The Morgan fingerprint density at radius 1 is 0.867 bits per heavy atom. The van der Waals surface area contributed by atoms with Gasteiger partial charge >= 0.3 is 0 Å². The molecule has 30 heavy (non-hydrogen) atoms. The van der Waals surface area contributed by atoms with Crippen molar-refractivity contribution in [3.05, 3.63) is 75.8 Å². The highest BCUT2D eigenvalue weighted by molar-refractivity contribution is 5.64. The zero-order valence-corrected chi connectivity index (χ0v) is 15.9. The minimum atomic E-state index is -0.855. The van der Waals surface area contributed by atoms with Crippen LogP contribution in [0, 0.1) is 59.5 Å². The molecule has 0 fully saturated rings. The van der Waals surface area contributed by atoms with E-state index in [9.17, 15) is 14.0 Å². The fraction of sp³-hybridized carbons (Fsp3) is 0.0909. The van der Waals surface area contributed by atoms with Gasteiger partial charge in [0.1, 0.15) is 23.7 Å². The molecule has 0 amide bonds. The second kappa shape index (κ2) is 8.26. The Bertz CT molecular complexity index is 1260. The number of nitrogens with zero attached hydrogens (tertiary/aromatic N) is 4. The maximum absolute atomic E-state index is 14.5. The number of ether oxygens (including phenoxy) is 1. The van der Waals surface area contributed by atoms with Gasteiger partial charge in [-0.1, -0.05) is 0 Å². The van der Waals surface area contributed by atoms with Crippen LogP contribution in [0.15, 0.2) is 36.4 Å². The zero-order valence-electron chi connectivity index (χ0n) is 15.9. The van der Waals surface area contributed by atoms with E-state index in [1.807, 2.05) is 12.1 Å². The van der Waals surface area contributed by atoms with E-state index < -0.39 is 11.6 Å². The third-order valence-electron chi connectivity index (χ3n) is 4.20. The van der Waals surface area contributed by atoms with E-state index in [0.717, 1.165) is 12.1 Å². The Hall–Kier alpha value is -4.48. The monoisotopic (exact) mass is 401 g/mol. The number of aromatic nitrogens is 1. The molecule has 0 spiro atoms. The van der Waals surface area contributed by atoms with Gasteiger partial charge in [-0.2, -0.15) is 20.8 Å². The summed E-state index contributed by atoms with van der Waals surface area (Å²) in [6.45, 7) is 3.42. The SMILES string of the molecule is Cc1cc(C#N)cc(C)c1Oc1nc(Nc2ccc(C#N)c(F)c2)c(C#N)cc1F. The first kappa shape index (κ1) is 20.3. The molecule has 0 bridgehead atoms. The van der Waals surface area contributed by atoms with Crippen LogP contribution in [0.25, 0.3) is 0 Å². The first-order valence-corrected chi connectivity index (χ1v) is 8.62. The second-order valence-electron chi connectivity index (χ2n) is 6.37. The number of hydrogen-bond acceptors (Lipinski definition) is 6. The summed E-state index contributed by atoms with van der Waals surface area (Å²) in [6.07, 6.45) is 0. The van der Waals surface area contributed by atoms with Crippen molar-refractivity contribution in [1.82, 2.24) is 4.98 Å². The highest BCUT2D eigenvalue weighted by Gasteiger charge is 2.17. The molecule has 8 heteroatoms. The Kier molecular flexibility index (Phi) is 5.58. The van der Waals surface area contributed by atoms with Crippen molar-refractivity contribution in [3.63, 3.8) is 0 Å². The number of pyridine rings is 1. The Morgan fingerprint density at radius 2 is 1.53 bits per heavy atom. The molecule has 0 aliphatic rings. The summed E-state index contributed by atoms with van der Waals surface area (Å²) in [5, 5.41) is 29.9. The zero-order chi connectivity index (χ0) is 21.8. The molecule has 0 aliphatic carbocycles. The molecule has 1 heterocycles. The van der Waals surface area contributed by atoms with E-state index in [1.54, 1.807) is 32.0 Å². The summed E-state index contributed by atoms with van der Waals surface area (Å²) >= 11 is 0. The quantitative estimate of drug-likeness (QED) is 0.650. The van der Waals surface area contributed by atoms with Gasteiger partial charge in [0.25, 0.3) is 5.88 Å². The third kappa shape index (κ3) is 4.01. The molecule has 3 rings (SSSR count). The number of nitriles is 3. The van der Waals surface area contributed by atoms with E-state index in [-0.39, 0.29) is 28.5 Å². The molecule has 0 saturated carbocycles. The van der Waals surface area contributed by atoms with Gasteiger partial charge in [0.15, 0.2) is 11.6 Å². The van der Waals surface area contributed by atoms with Gasteiger partial charge in [-0.15, -0.1) is 0 Å². The molecule has 0 unspecified atom stereocenters. The van der Waals surface area contributed by atoms with Gasteiger partial charge in [0.05, 0.1) is 22.8 Å². The van der Waals surface area contributed by atoms with Crippen molar-refractivity contribution in [3.8, 4) is 29.8 Å². The summed E-state index contributed by atoms with van der Waals surface area (Å²) in [7, 11) is 0. The fourth-order valence-electron chi connectivity index (χ4n) is 2.82. The molecule has 1 N–H and O–H groups in total. The molecule has 3 aromatic rings. The molecular formula is C22H13F2N5O. The summed E-state index contributed by atoms with van der Waals surface area (Å²) in [6, 6.07) is 13.5. The Labute approximate surface area is 171 Å². The number of anilines is 2. The number of benzene rings is 2. The average molecular weight is 401 g/mol. The van der Waals surface area contributed by atoms with Crippen molar-refractivity contribution >= 4 is 11.5 Å². The molecule has 2 aromatic carbocycles. The maximum atomic E-state index is 14.5. The van der Waals surface area contributed by atoms with E-state index in [2.05, 4.69) is 10.3 Å². The van der Waals surface area contributed by atoms with Gasteiger partial charge in [-0.25, -0.2) is 8.78 Å². The largest absolute Gasteiger partial charge is 0.436 e. The van der Waals surface area contributed by atoms with Crippen molar-refractivity contribution in [2.45, 2.75) is 13.8 Å². The molecule has 6 nitrogen and oxygen atoms in total. The number of nitrogens with one attached hydrogen (secondary N) is 1. The molecule has 0 atom stereocenters. The lowest BCUT2D eigenvalue weighted by molar-refractivity contribution is 0.418. The van der Waals surface area contributed by atoms with E-state index in [0.29, 0.717) is 22.4 Å². The smallest absolute Gasteiger partial charge is 0.258 e. The first-order chi connectivity index (χ1) is 14.4. The van der Waals surface area contributed by atoms with Gasteiger partial charge in [0, 0.05) is 11.8 Å². The predicted molar refractivity (Wildman–Crippen MR) is 104 cm³/mol. The van der Waals surface area contributed by atoms with Gasteiger partial charge < -0.3 is 10.1 Å². The number of aryl methyl sites for hydroxylation is 2. The van der Waals surface area contributed by atoms with Gasteiger partial charge in [0.2, 0.25) is 0 Å². The second-order valence-corrected chi connectivity index (χ2v) is 6.37. The van der Waals surface area contributed by atoms with Crippen molar-refractivity contribution in [1.29, 1.82) is 15.8 Å². The van der Waals surface area contributed by atoms with E-state index in [4.69, 9.17) is 15.3 Å². The van der Waals surface area contributed by atoms with Crippen LogP contribution in [0.2, 0.25) is 0 Å². The molecule has 0 saturated heterocycles. The fourth-order valence-corrected chi connectivity index (χ4v) is 2.82. The standard InChI is InChI=1S/C22H13F2N5O/c1-12-5-14(9-25)6-13(2)20(12)30-22-19(24)7-16(11-27)21(29-22)28-17-4-3-15(10-26)18(23)8-17/h3-8H,1-2H3,(H,28,29). The molecule has 1 aromatic heterocycles. The number of halogens is 2. The topological polar surface area (TPSA) is 106 Å². The van der Waals surface area contributed by atoms with E-state index in [1.165, 1.54) is 12.1 Å². The lowest BCUT2D eigenvalue weighted by Gasteiger charge is -2.14. The van der Waals surface area contributed by atoms with Crippen LogP contribution in [0.5, 0.6) is 11.6 Å². The van der Waals surface area contributed by atoms with Crippen LogP contribution in [-0.2, 0) is 0 Å². The van der Waals surface area contributed by atoms with Crippen LogP contribution < -0.4 is 10.1 Å². The third-order valence-corrected chi connectivity index (χ3v) is 4.20. The molecule has 0 aliphatic heterocycles. The first-order valence-electron chi connectivity index (χ1n) is 8.62. The highest BCUT2D eigenvalue weighted by atomic mass is 19.1. The van der Waals surface area contributed by atoms with Crippen LogP contribution in [0.1, 0.15) is 27.8 Å². The number of rotatable bonds is 4. The van der Waals surface area contributed by atoms with Crippen molar-refractivity contribution < 1.29 is 13.5 Å². The Balaban J connectivity index is 2.01. The van der Waals surface area contributed by atoms with Crippen LogP contribution in [-0.4, -0.2) is 4.98 Å². The average Bonchev–Trinajstić information content (AvgIpc) is 2.72. The minimum Gasteiger partial charge on any atom is -0.436 e. The van der Waals surface area contributed by atoms with Gasteiger partial charge in [-0.3, -0.25) is 0 Å².